The second kappa shape index (κ2) is 5.36. The van der Waals surface area contributed by atoms with Crippen LogP contribution < -0.4 is 5.32 Å². The van der Waals surface area contributed by atoms with Gasteiger partial charge in [-0.1, -0.05) is 11.6 Å². The van der Waals surface area contributed by atoms with Crippen LogP contribution in [0.15, 0.2) is 18.3 Å². The number of amides is 1. The highest BCUT2D eigenvalue weighted by Gasteiger charge is 2.20. The molecular weight excluding hydrogens is 271 g/mol. The largest absolute Gasteiger partial charge is 0.342 e. The van der Waals surface area contributed by atoms with E-state index in [4.69, 9.17) is 11.6 Å². The topological polar surface area (TPSA) is 70.7 Å². The van der Waals surface area contributed by atoms with Crippen LogP contribution in [0.5, 0.6) is 0 Å². The zero-order valence-electron chi connectivity index (χ0n) is 10.4. The minimum Gasteiger partial charge on any atom is -0.342 e. The Labute approximate surface area is 114 Å². The van der Waals surface area contributed by atoms with Gasteiger partial charge in [-0.3, -0.25) is 14.9 Å². The van der Waals surface area contributed by atoms with Crippen LogP contribution in [-0.2, 0) is 0 Å². The van der Waals surface area contributed by atoms with Crippen molar-refractivity contribution in [2.45, 2.75) is 19.9 Å². The number of aromatic amines is 1. The predicted octanol–water partition coefficient (Wildman–Crippen LogP) is 2.40. The van der Waals surface area contributed by atoms with Gasteiger partial charge >= 0.3 is 0 Å². The van der Waals surface area contributed by atoms with Crippen molar-refractivity contribution >= 4 is 17.5 Å². The monoisotopic (exact) mass is 282 g/mol. The molecular formula is C12H12ClFN4O. The Morgan fingerprint density at radius 2 is 2.32 bits per heavy atom. The average molecular weight is 283 g/mol. The molecule has 0 bridgehead atoms. The molecule has 0 saturated heterocycles. The number of hydrogen-bond donors (Lipinski definition) is 2. The molecule has 1 atom stereocenters. The maximum Gasteiger partial charge on any atom is 0.273 e. The molecule has 0 spiro atoms. The highest BCUT2D eigenvalue weighted by atomic mass is 35.5. The Kier molecular flexibility index (Phi) is 3.80. The maximum atomic E-state index is 13.5. The van der Waals surface area contributed by atoms with E-state index in [1.165, 1.54) is 18.3 Å². The Hall–Kier alpha value is -1.95. The van der Waals surface area contributed by atoms with Gasteiger partial charge in [0.15, 0.2) is 5.69 Å². The van der Waals surface area contributed by atoms with Gasteiger partial charge in [0.1, 0.15) is 5.82 Å². The summed E-state index contributed by atoms with van der Waals surface area (Å²) < 4.78 is 13.5. The van der Waals surface area contributed by atoms with Crippen molar-refractivity contribution < 1.29 is 9.18 Å². The molecule has 100 valence electrons. The number of nitrogens with zero attached hydrogens (tertiary/aromatic N) is 2. The zero-order valence-corrected chi connectivity index (χ0v) is 11.1. The quantitative estimate of drug-likeness (QED) is 0.908. The average Bonchev–Trinajstić information content (AvgIpc) is 2.70. The summed E-state index contributed by atoms with van der Waals surface area (Å²) in [5, 5.41) is 9.27. The van der Waals surface area contributed by atoms with Crippen molar-refractivity contribution in [2.75, 3.05) is 0 Å². The standard InChI is InChI=1S/C12H12ClFN4O/c1-6-9(13)11(18-17-6)12(19)16-7(2)10-8(14)4-3-5-15-10/h3-5,7H,1-2H3,(H,16,19)(H,17,18). The number of rotatable bonds is 3. The van der Waals surface area contributed by atoms with Crippen molar-refractivity contribution in [3.05, 3.63) is 46.3 Å². The Morgan fingerprint density at radius 3 is 2.89 bits per heavy atom. The number of carbonyl (C=O) groups is 1. The lowest BCUT2D eigenvalue weighted by Gasteiger charge is -2.13. The lowest BCUT2D eigenvalue weighted by molar-refractivity contribution is 0.0933. The molecule has 2 aromatic heterocycles. The fourth-order valence-electron chi connectivity index (χ4n) is 1.62. The second-order valence-electron chi connectivity index (χ2n) is 4.08. The molecule has 2 N–H and O–H groups in total. The molecule has 0 aromatic carbocycles. The number of H-pyrrole nitrogens is 1. The fraction of sp³-hybridized carbons (Fsp3) is 0.250. The first-order chi connectivity index (χ1) is 9.00. The van der Waals surface area contributed by atoms with Crippen LogP contribution in [0.25, 0.3) is 0 Å². The second-order valence-corrected chi connectivity index (χ2v) is 4.45. The van der Waals surface area contributed by atoms with Gasteiger partial charge in [0.2, 0.25) is 0 Å². The van der Waals surface area contributed by atoms with E-state index in [0.717, 1.165) is 0 Å². The normalized spacial score (nSPS) is 12.2. The van der Waals surface area contributed by atoms with E-state index < -0.39 is 17.8 Å². The van der Waals surface area contributed by atoms with E-state index in [-0.39, 0.29) is 16.4 Å². The zero-order chi connectivity index (χ0) is 14.0. The summed E-state index contributed by atoms with van der Waals surface area (Å²) >= 11 is 5.92. The third-order valence-corrected chi connectivity index (χ3v) is 3.09. The van der Waals surface area contributed by atoms with Gasteiger partial charge in [-0.15, -0.1) is 0 Å². The van der Waals surface area contributed by atoms with E-state index in [9.17, 15) is 9.18 Å². The van der Waals surface area contributed by atoms with Crippen molar-refractivity contribution in [1.82, 2.24) is 20.5 Å². The summed E-state index contributed by atoms with van der Waals surface area (Å²) in [5.41, 5.74) is 0.852. The summed E-state index contributed by atoms with van der Waals surface area (Å²) in [4.78, 5) is 15.8. The van der Waals surface area contributed by atoms with Gasteiger partial charge < -0.3 is 5.32 Å². The minimum atomic E-state index is -0.582. The molecule has 19 heavy (non-hydrogen) atoms. The Bertz CT molecular complexity index is 614. The molecule has 0 aliphatic carbocycles. The van der Waals surface area contributed by atoms with Gasteiger partial charge in [-0.25, -0.2) is 4.39 Å². The third kappa shape index (κ3) is 2.73. The number of aryl methyl sites for hydroxylation is 1. The molecule has 5 nitrogen and oxygen atoms in total. The van der Waals surface area contributed by atoms with E-state index in [1.807, 2.05) is 0 Å². The van der Waals surface area contributed by atoms with Crippen molar-refractivity contribution in [3.63, 3.8) is 0 Å². The summed E-state index contributed by atoms with van der Waals surface area (Å²) in [7, 11) is 0. The van der Waals surface area contributed by atoms with E-state index >= 15 is 0 Å². The van der Waals surface area contributed by atoms with Crippen LogP contribution in [0.3, 0.4) is 0 Å². The lowest BCUT2D eigenvalue weighted by atomic mass is 10.2. The van der Waals surface area contributed by atoms with E-state index in [0.29, 0.717) is 5.69 Å². The summed E-state index contributed by atoms with van der Waals surface area (Å²) in [6, 6.07) is 2.19. The maximum absolute atomic E-state index is 13.5. The van der Waals surface area contributed by atoms with Crippen LogP contribution in [0, 0.1) is 12.7 Å². The first-order valence-electron chi connectivity index (χ1n) is 5.62. The molecule has 0 saturated carbocycles. The van der Waals surface area contributed by atoms with Gasteiger partial charge in [0.25, 0.3) is 5.91 Å². The van der Waals surface area contributed by atoms with Crippen LogP contribution in [0.1, 0.15) is 34.8 Å². The number of aromatic nitrogens is 3. The molecule has 2 aromatic rings. The molecule has 1 amide bonds. The SMILES string of the molecule is Cc1[nH]nc(C(=O)NC(C)c2ncccc2F)c1Cl. The van der Waals surface area contributed by atoms with Crippen molar-refractivity contribution in [2.24, 2.45) is 0 Å². The first kappa shape index (κ1) is 13.5. The van der Waals surface area contributed by atoms with Crippen LogP contribution >= 0.6 is 11.6 Å². The van der Waals surface area contributed by atoms with Gasteiger partial charge in [-0.2, -0.15) is 5.10 Å². The Morgan fingerprint density at radius 1 is 1.58 bits per heavy atom. The Balaban J connectivity index is 2.16. The molecule has 7 heteroatoms. The van der Waals surface area contributed by atoms with E-state index in [2.05, 4.69) is 20.5 Å². The van der Waals surface area contributed by atoms with Crippen molar-refractivity contribution in [3.8, 4) is 0 Å². The predicted molar refractivity (Wildman–Crippen MR) is 68.4 cm³/mol. The third-order valence-electron chi connectivity index (χ3n) is 2.63. The molecule has 2 heterocycles. The number of hydrogen-bond acceptors (Lipinski definition) is 3. The number of halogens is 2. The van der Waals surface area contributed by atoms with Gasteiger partial charge in [0, 0.05) is 6.20 Å². The van der Waals surface area contributed by atoms with Crippen LogP contribution in [-0.4, -0.2) is 21.1 Å². The highest BCUT2D eigenvalue weighted by Crippen LogP contribution is 2.19. The van der Waals surface area contributed by atoms with Gasteiger partial charge in [-0.05, 0) is 26.0 Å². The van der Waals surface area contributed by atoms with Gasteiger partial charge in [0.05, 0.1) is 22.5 Å². The molecule has 0 radical (unpaired) electrons. The first-order valence-corrected chi connectivity index (χ1v) is 6.00. The lowest BCUT2D eigenvalue weighted by Crippen LogP contribution is -2.28. The number of carbonyl (C=O) groups excluding carboxylic acids is 1. The summed E-state index contributed by atoms with van der Waals surface area (Å²) in [6.45, 7) is 3.34. The number of pyridine rings is 1. The number of nitrogens with one attached hydrogen (secondary N) is 2. The summed E-state index contributed by atoms with van der Waals surface area (Å²) in [6.07, 6.45) is 1.47. The highest BCUT2D eigenvalue weighted by molar-refractivity contribution is 6.34. The molecule has 0 aliphatic rings. The van der Waals surface area contributed by atoms with Crippen LogP contribution in [0.2, 0.25) is 5.02 Å². The van der Waals surface area contributed by atoms with Crippen LogP contribution in [0.4, 0.5) is 4.39 Å². The fourth-order valence-corrected chi connectivity index (χ4v) is 1.79. The minimum absolute atomic E-state index is 0.0855. The summed E-state index contributed by atoms with van der Waals surface area (Å²) in [5.74, 6) is -0.952. The molecule has 0 aliphatic heterocycles. The molecule has 2 rings (SSSR count). The van der Waals surface area contributed by atoms with E-state index in [1.54, 1.807) is 13.8 Å². The molecule has 0 fully saturated rings. The smallest absolute Gasteiger partial charge is 0.273 e. The van der Waals surface area contributed by atoms with Crippen molar-refractivity contribution in [1.29, 1.82) is 0 Å². The molecule has 1 unspecified atom stereocenters.